The van der Waals surface area contributed by atoms with Crippen LogP contribution in [0.3, 0.4) is 0 Å². The number of aliphatic imine (C=N–C) groups is 1. The number of nitrogens with one attached hydrogen (secondary N) is 1. The molecule has 0 bridgehead atoms. The smallest absolute Gasteiger partial charge is 0.252 e. The lowest BCUT2D eigenvalue weighted by atomic mass is 10.0. The lowest BCUT2D eigenvalue weighted by molar-refractivity contribution is 0.0958. The van der Waals surface area contributed by atoms with Crippen molar-refractivity contribution in [3.05, 3.63) is 59.2 Å². The van der Waals surface area contributed by atoms with Crippen molar-refractivity contribution in [2.45, 2.75) is 13.8 Å². The molecular formula is C17H22N4O2. The predicted molar refractivity (Wildman–Crippen MR) is 92.5 cm³/mol. The van der Waals surface area contributed by atoms with Crippen LogP contribution in [0.1, 0.15) is 40.1 Å². The molecule has 0 saturated carbocycles. The molecule has 1 aromatic carbocycles. The van der Waals surface area contributed by atoms with E-state index >= 15 is 0 Å². The van der Waals surface area contributed by atoms with E-state index < -0.39 is 5.91 Å². The summed E-state index contributed by atoms with van der Waals surface area (Å²) in [6.07, 6.45) is 7.33. The summed E-state index contributed by atoms with van der Waals surface area (Å²) in [5.74, 6) is -0.718. The van der Waals surface area contributed by atoms with Crippen molar-refractivity contribution >= 4 is 17.6 Å². The molecule has 0 unspecified atom stereocenters. The van der Waals surface area contributed by atoms with Gasteiger partial charge in [0.1, 0.15) is 5.84 Å². The number of amides is 2. The second kappa shape index (κ2) is 9.19. The van der Waals surface area contributed by atoms with Crippen LogP contribution in [0.25, 0.3) is 0 Å². The summed E-state index contributed by atoms with van der Waals surface area (Å²) in [5, 5.41) is 2.73. The van der Waals surface area contributed by atoms with Gasteiger partial charge in [0.15, 0.2) is 0 Å². The zero-order valence-electron chi connectivity index (χ0n) is 13.4. The summed E-state index contributed by atoms with van der Waals surface area (Å²) in [5.41, 5.74) is 12.2. The molecule has 0 radical (unpaired) electrons. The third-order valence-corrected chi connectivity index (χ3v) is 3.04. The molecule has 0 fully saturated rings. The predicted octanol–water partition coefficient (Wildman–Crippen LogP) is 1.37. The van der Waals surface area contributed by atoms with Gasteiger partial charge in [0, 0.05) is 17.7 Å². The average molecular weight is 314 g/mol. The van der Waals surface area contributed by atoms with Gasteiger partial charge in [-0.15, -0.1) is 0 Å². The summed E-state index contributed by atoms with van der Waals surface area (Å²) < 4.78 is 0. The fraction of sp³-hybridized carbons (Fsp3) is 0.235. The summed E-state index contributed by atoms with van der Waals surface area (Å²) in [4.78, 5) is 27.9. The van der Waals surface area contributed by atoms with Gasteiger partial charge in [-0.05, 0) is 32.0 Å². The molecule has 0 aromatic heterocycles. The van der Waals surface area contributed by atoms with Crippen LogP contribution in [0.15, 0.2) is 47.5 Å². The van der Waals surface area contributed by atoms with Gasteiger partial charge < -0.3 is 16.8 Å². The maximum atomic E-state index is 12.3. The summed E-state index contributed by atoms with van der Waals surface area (Å²) in [6.45, 7) is 4.54. The van der Waals surface area contributed by atoms with Crippen molar-refractivity contribution < 1.29 is 9.59 Å². The van der Waals surface area contributed by atoms with Crippen molar-refractivity contribution in [1.29, 1.82) is 0 Å². The second-order valence-electron chi connectivity index (χ2n) is 4.70. The van der Waals surface area contributed by atoms with Crippen LogP contribution in [-0.2, 0) is 0 Å². The quantitative estimate of drug-likeness (QED) is 0.401. The van der Waals surface area contributed by atoms with Crippen molar-refractivity contribution in [2.24, 2.45) is 16.5 Å². The number of rotatable bonds is 7. The Hall–Kier alpha value is -2.89. The first-order valence-electron chi connectivity index (χ1n) is 7.25. The molecule has 23 heavy (non-hydrogen) atoms. The Kier molecular flexibility index (Phi) is 7.26. The highest BCUT2D eigenvalue weighted by Crippen LogP contribution is 2.12. The SMILES string of the molecule is CC=CCN=C(N)c1ccc(C(N)=O)cc1C(=O)NCC=CC. The Labute approximate surface area is 136 Å². The number of hydrogen-bond donors (Lipinski definition) is 3. The third-order valence-electron chi connectivity index (χ3n) is 3.04. The molecule has 0 aliphatic heterocycles. The number of hydrogen-bond acceptors (Lipinski definition) is 3. The van der Waals surface area contributed by atoms with Gasteiger partial charge in [-0.25, -0.2) is 0 Å². The largest absolute Gasteiger partial charge is 0.383 e. The molecule has 6 nitrogen and oxygen atoms in total. The van der Waals surface area contributed by atoms with Crippen molar-refractivity contribution in [3.8, 4) is 0 Å². The molecule has 0 aliphatic rings. The maximum Gasteiger partial charge on any atom is 0.252 e. The van der Waals surface area contributed by atoms with E-state index in [1.807, 2.05) is 32.1 Å². The fourth-order valence-corrected chi connectivity index (χ4v) is 1.82. The molecule has 2 amide bonds. The van der Waals surface area contributed by atoms with Crippen molar-refractivity contribution in [3.63, 3.8) is 0 Å². The van der Waals surface area contributed by atoms with E-state index in [0.29, 0.717) is 18.7 Å². The highest BCUT2D eigenvalue weighted by Gasteiger charge is 2.15. The first-order valence-corrected chi connectivity index (χ1v) is 7.25. The first kappa shape index (κ1) is 18.2. The Balaban J connectivity index is 3.20. The molecule has 1 aromatic rings. The lowest BCUT2D eigenvalue weighted by Gasteiger charge is -2.10. The van der Waals surface area contributed by atoms with E-state index in [1.54, 1.807) is 12.1 Å². The van der Waals surface area contributed by atoms with Crippen LogP contribution in [0.5, 0.6) is 0 Å². The van der Waals surface area contributed by atoms with Gasteiger partial charge in [-0.3, -0.25) is 14.6 Å². The van der Waals surface area contributed by atoms with Gasteiger partial charge in [0.05, 0.1) is 12.1 Å². The Bertz CT molecular complexity index is 661. The topological polar surface area (TPSA) is 111 Å². The van der Waals surface area contributed by atoms with Gasteiger partial charge in [-0.2, -0.15) is 0 Å². The van der Waals surface area contributed by atoms with E-state index in [9.17, 15) is 9.59 Å². The normalized spacial score (nSPS) is 12.0. The van der Waals surface area contributed by atoms with E-state index in [0.717, 1.165) is 0 Å². The molecule has 0 spiro atoms. The number of nitrogens with two attached hydrogens (primary N) is 2. The highest BCUT2D eigenvalue weighted by atomic mass is 16.2. The monoisotopic (exact) mass is 314 g/mol. The summed E-state index contributed by atoms with van der Waals surface area (Å²) >= 11 is 0. The van der Waals surface area contributed by atoms with Crippen LogP contribution < -0.4 is 16.8 Å². The Morgan fingerprint density at radius 1 is 1.13 bits per heavy atom. The van der Waals surface area contributed by atoms with Gasteiger partial charge >= 0.3 is 0 Å². The maximum absolute atomic E-state index is 12.3. The zero-order valence-corrected chi connectivity index (χ0v) is 13.4. The minimum Gasteiger partial charge on any atom is -0.383 e. The minimum absolute atomic E-state index is 0.232. The lowest BCUT2D eigenvalue weighted by Crippen LogP contribution is -2.28. The number of primary amides is 1. The zero-order chi connectivity index (χ0) is 17.2. The highest BCUT2D eigenvalue weighted by molar-refractivity contribution is 6.10. The second-order valence-corrected chi connectivity index (χ2v) is 4.70. The van der Waals surface area contributed by atoms with Crippen molar-refractivity contribution in [2.75, 3.05) is 13.1 Å². The number of carbonyl (C=O) groups is 2. The van der Waals surface area contributed by atoms with E-state index in [2.05, 4.69) is 10.3 Å². The van der Waals surface area contributed by atoms with Crippen LogP contribution in [-0.4, -0.2) is 30.7 Å². The van der Waals surface area contributed by atoms with Crippen LogP contribution in [0.2, 0.25) is 0 Å². The molecule has 0 saturated heterocycles. The molecule has 0 heterocycles. The van der Waals surface area contributed by atoms with Crippen molar-refractivity contribution in [1.82, 2.24) is 5.32 Å². The minimum atomic E-state index is -0.608. The van der Waals surface area contributed by atoms with E-state index in [-0.39, 0.29) is 22.9 Å². The van der Waals surface area contributed by atoms with Gasteiger partial charge in [0.2, 0.25) is 5.91 Å². The molecular weight excluding hydrogens is 292 g/mol. The number of carbonyl (C=O) groups excluding carboxylic acids is 2. The number of nitrogens with zero attached hydrogens (tertiary/aromatic N) is 1. The number of benzene rings is 1. The molecule has 1 rings (SSSR count). The number of amidine groups is 1. The molecule has 6 heteroatoms. The van der Waals surface area contributed by atoms with Crippen LogP contribution in [0.4, 0.5) is 0 Å². The fourth-order valence-electron chi connectivity index (χ4n) is 1.82. The van der Waals surface area contributed by atoms with Crippen LogP contribution >= 0.6 is 0 Å². The Morgan fingerprint density at radius 3 is 2.43 bits per heavy atom. The molecule has 122 valence electrons. The molecule has 0 aliphatic carbocycles. The standard InChI is InChI=1S/C17H22N4O2/c1-3-5-9-20-15(18)13-8-7-12(16(19)22)11-14(13)17(23)21-10-6-4-2/h3-8,11H,9-10H2,1-2H3,(H2,18,20)(H2,19,22)(H,21,23). The Morgan fingerprint density at radius 2 is 1.83 bits per heavy atom. The molecule has 0 atom stereocenters. The van der Waals surface area contributed by atoms with E-state index in [1.165, 1.54) is 12.1 Å². The van der Waals surface area contributed by atoms with Gasteiger partial charge in [0.25, 0.3) is 5.91 Å². The number of allylic oxidation sites excluding steroid dienone is 2. The average Bonchev–Trinajstić information content (AvgIpc) is 2.54. The first-order chi connectivity index (χ1) is 11.0. The molecule has 5 N–H and O–H groups in total. The van der Waals surface area contributed by atoms with Gasteiger partial charge in [-0.1, -0.05) is 24.3 Å². The summed E-state index contributed by atoms with van der Waals surface area (Å²) in [7, 11) is 0. The summed E-state index contributed by atoms with van der Waals surface area (Å²) in [6, 6.07) is 4.54. The third kappa shape index (κ3) is 5.43. The van der Waals surface area contributed by atoms with E-state index in [4.69, 9.17) is 11.5 Å². The van der Waals surface area contributed by atoms with Crippen LogP contribution in [0, 0.1) is 0 Å².